The highest BCUT2D eigenvalue weighted by Crippen LogP contribution is 2.29. The first kappa shape index (κ1) is 24.3. The Labute approximate surface area is 206 Å². The Kier molecular flexibility index (Phi) is 7.19. The van der Waals surface area contributed by atoms with Crippen LogP contribution in [0.1, 0.15) is 13.8 Å². The predicted molar refractivity (Wildman–Crippen MR) is 132 cm³/mol. The molecule has 0 fully saturated rings. The molecule has 0 aliphatic rings. The van der Waals surface area contributed by atoms with E-state index < -0.39 is 12.1 Å². The molecule has 0 unspecified atom stereocenters. The monoisotopic (exact) mass is 488 g/mol. The molecule has 1 N–H and O–H groups in total. The van der Waals surface area contributed by atoms with Gasteiger partial charge in [-0.15, -0.1) is 0 Å². The highest BCUT2D eigenvalue weighted by molar-refractivity contribution is 5.98. The molecule has 2 aromatic heterocycles. The molecule has 0 radical (unpaired) electrons. The van der Waals surface area contributed by atoms with E-state index in [1.807, 2.05) is 12.1 Å². The zero-order valence-electron chi connectivity index (χ0n) is 19.9. The zero-order valence-corrected chi connectivity index (χ0v) is 19.9. The van der Waals surface area contributed by atoms with Crippen LogP contribution in [-0.2, 0) is 20.9 Å². The minimum atomic E-state index is -0.764. The number of methoxy groups -OCH3 is 1. The van der Waals surface area contributed by atoms with E-state index in [1.54, 1.807) is 62.4 Å². The summed E-state index contributed by atoms with van der Waals surface area (Å²) >= 11 is 0. The normalized spacial score (nSPS) is 10.8. The van der Waals surface area contributed by atoms with Crippen molar-refractivity contribution >= 4 is 46.5 Å². The van der Waals surface area contributed by atoms with Gasteiger partial charge in [0.05, 0.1) is 24.8 Å². The Hall–Kier alpha value is -4.80. The van der Waals surface area contributed by atoms with Gasteiger partial charge in [-0.1, -0.05) is 50.2 Å². The Bertz CT molecular complexity index is 1350. The molecule has 2 amide bonds. The minimum Gasteiger partial charge on any atom is -0.468 e. The summed E-state index contributed by atoms with van der Waals surface area (Å²) in [7, 11) is 1.26. The van der Waals surface area contributed by atoms with Crippen LogP contribution in [0.4, 0.5) is 22.1 Å². The van der Waals surface area contributed by atoms with Crippen molar-refractivity contribution in [2.75, 3.05) is 17.3 Å². The number of benzene rings is 2. The molecule has 0 aliphatic carbocycles. The Morgan fingerprint density at radius 2 is 1.58 bits per heavy atom. The van der Waals surface area contributed by atoms with Crippen molar-refractivity contribution in [1.29, 1.82) is 0 Å². The van der Waals surface area contributed by atoms with Crippen molar-refractivity contribution in [1.82, 2.24) is 19.5 Å². The predicted octanol–water partition coefficient (Wildman–Crippen LogP) is 3.93. The van der Waals surface area contributed by atoms with Gasteiger partial charge in [0.1, 0.15) is 6.54 Å². The number of fused-ring (bicyclic) bond motifs is 1. The van der Waals surface area contributed by atoms with E-state index in [-0.39, 0.29) is 41.4 Å². The number of para-hydroxylation sites is 2. The standard InChI is InChI=1S/C25H24N6O5/c1-16(2)22(33)28-24-27-21-20(30(15-26-21)14-19(32)35-3)23(29-24)36-25(34)31(17-10-6-4-7-11-17)18-12-8-5-9-13-18/h4-13,15-16H,14H2,1-3H3,(H,27,28,29,33). The number of aromatic nitrogens is 4. The second-order valence-corrected chi connectivity index (χ2v) is 7.99. The highest BCUT2D eigenvalue weighted by Gasteiger charge is 2.25. The van der Waals surface area contributed by atoms with Gasteiger partial charge in [-0.2, -0.15) is 9.97 Å². The van der Waals surface area contributed by atoms with Crippen LogP contribution in [0.2, 0.25) is 0 Å². The fourth-order valence-corrected chi connectivity index (χ4v) is 3.29. The van der Waals surface area contributed by atoms with E-state index in [1.165, 1.54) is 22.9 Å². The van der Waals surface area contributed by atoms with Crippen LogP contribution in [0.15, 0.2) is 67.0 Å². The maximum Gasteiger partial charge on any atom is 0.425 e. The third-order valence-electron chi connectivity index (χ3n) is 5.12. The molecule has 4 rings (SSSR count). The first-order valence-electron chi connectivity index (χ1n) is 11.1. The second kappa shape index (κ2) is 10.6. The number of ether oxygens (including phenoxy) is 2. The molecule has 36 heavy (non-hydrogen) atoms. The van der Waals surface area contributed by atoms with Crippen molar-refractivity contribution in [2.24, 2.45) is 5.92 Å². The molecule has 0 saturated heterocycles. The number of rotatable bonds is 7. The summed E-state index contributed by atoms with van der Waals surface area (Å²) in [6.45, 7) is 3.23. The number of anilines is 3. The summed E-state index contributed by atoms with van der Waals surface area (Å²) in [4.78, 5) is 51.8. The van der Waals surface area contributed by atoms with Crippen LogP contribution in [0.3, 0.4) is 0 Å². The fraction of sp³-hybridized carbons (Fsp3) is 0.200. The number of imidazole rings is 1. The van der Waals surface area contributed by atoms with E-state index in [4.69, 9.17) is 9.47 Å². The van der Waals surface area contributed by atoms with Crippen molar-refractivity contribution in [3.63, 3.8) is 0 Å². The summed E-state index contributed by atoms with van der Waals surface area (Å²) < 4.78 is 11.9. The van der Waals surface area contributed by atoms with E-state index in [9.17, 15) is 14.4 Å². The summed E-state index contributed by atoms with van der Waals surface area (Å²) in [6.07, 6.45) is 0.590. The molecular weight excluding hydrogens is 464 g/mol. The molecule has 11 heteroatoms. The molecule has 11 nitrogen and oxygen atoms in total. The van der Waals surface area contributed by atoms with Crippen LogP contribution in [0.5, 0.6) is 5.88 Å². The van der Waals surface area contributed by atoms with Crippen molar-refractivity contribution in [2.45, 2.75) is 20.4 Å². The molecule has 0 atom stereocenters. The highest BCUT2D eigenvalue weighted by atomic mass is 16.6. The Morgan fingerprint density at radius 1 is 0.972 bits per heavy atom. The topological polar surface area (TPSA) is 129 Å². The van der Waals surface area contributed by atoms with E-state index >= 15 is 0 Å². The van der Waals surface area contributed by atoms with Gasteiger partial charge in [0.25, 0.3) is 5.88 Å². The maximum absolute atomic E-state index is 13.5. The maximum atomic E-state index is 13.5. The lowest BCUT2D eigenvalue weighted by Crippen LogP contribution is -2.30. The number of nitrogens with zero attached hydrogens (tertiary/aromatic N) is 5. The molecule has 2 aromatic carbocycles. The van der Waals surface area contributed by atoms with E-state index in [2.05, 4.69) is 20.3 Å². The van der Waals surface area contributed by atoms with Gasteiger partial charge < -0.3 is 14.0 Å². The molecule has 0 bridgehead atoms. The fourth-order valence-electron chi connectivity index (χ4n) is 3.29. The molecule has 184 valence electrons. The van der Waals surface area contributed by atoms with Crippen LogP contribution in [0.25, 0.3) is 11.2 Å². The third-order valence-corrected chi connectivity index (χ3v) is 5.12. The molecule has 4 aromatic rings. The van der Waals surface area contributed by atoms with Gasteiger partial charge in [0.2, 0.25) is 11.9 Å². The number of hydrogen-bond donors (Lipinski definition) is 1. The largest absolute Gasteiger partial charge is 0.468 e. The van der Waals surface area contributed by atoms with Crippen LogP contribution in [0, 0.1) is 5.92 Å². The first-order valence-corrected chi connectivity index (χ1v) is 11.1. The van der Waals surface area contributed by atoms with Gasteiger partial charge in [0.15, 0.2) is 11.2 Å². The Balaban J connectivity index is 1.78. The van der Waals surface area contributed by atoms with Gasteiger partial charge in [0, 0.05) is 5.92 Å². The minimum absolute atomic E-state index is 0.0849. The lowest BCUT2D eigenvalue weighted by molar-refractivity contribution is -0.141. The van der Waals surface area contributed by atoms with Crippen molar-refractivity contribution in [3.8, 4) is 5.88 Å². The Morgan fingerprint density at radius 3 is 2.14 bits per heavy atom. The lowest BCUT2D eigenvalue weighted by Gasteiger charge is -2.22. The number of carbonyl (C=O) groups is 3. The zero-order chi connectivity index (χ0) is 25.7. The summed E-state index contributed by atoms with van der Waals surface area (Å²) in [5.74, 6) is -1.46. The molecule has 0 spiro atoms. The van der Waals surface area contributed by atoms with E-state index in [0.29, 0.717) is 11.4 Å². The number of esters is 1. The van der Waals surface area contributed by atoms with Gasteiger partial charge in [-0.05, 0) is 24.3 Å². The summed E-state index contributed by atoms with van der Waals surface area (Å²) in [5, 5.41) is 2.59. The van der Waals surface area contributed by atoms with Crippen molar-refractivity contribution < 1.29 is 23.9 Å². The van der Waals surface area contributed by atoms with Crippen molar-refractivity contribution in [3.05, 3.63) is 67.0 Å². The van der Waals surface area contributed by atoms with Crippen LogP contribution >= 0.6 is 0 Å². The van der Waals surface area contributed by atoms with Gasteiger partial charge >= 0.3 is 12.1 Å². The summed E-state index contributed by atoms with van der Waals surface area (Å²) in [6, 6.07) is 17.9. The average molecular weight is 489 g/mol. The van der Waals surface area contributed by atoms with Gasteiger partial charge in [-0.3, -0.25) is 14.9 Å². The quantitative estimate of drug-likeness (QED) is 0.388. The SMILES string of the molecule is COC(=O)Cn1cnc2nc(NC(=O)C(C)C)nc(OC(=O)N(c3ccccc3)c3ccccc3)c21. The third kappa shape index (κ3) is 5.30. The molecule has 0 saturated carbocycles. The molecule has 2 heterocycles. The van der Waals surface area contributed by atoms with Crippen LogP contribution < -0.4 is 15.0 Å². The average Bonchev–Trinajstić information content (AvgIpc) is 3.28. The smallest absolute Gasteiger partial charge is 0.425 e. The first-order chi connectivity index (χ1) is 17.4. The molecule has 0 aliphatic heterocycles. The lowest BCUT2D eigenvalue weighted by atomic mass is 10.2. The second-order valence-electron chi connectivity index (χ2n) is 7.99. The summed E-state index contributed by atoms with van der Waals surface area (Å²) in [5.41, 5.74) is 1.45. The molecular formula is C25H24N6O5. The number of nitrogens with one attached hydrogen (secondary N) is 1. The van der Waals surface area contributed by atoms with Crippen LogP contribution in [-0.4, -0.2) is 44.6 Å². The number of amides is 2. The van der Waals surface area contributed by atoms with E-state index in [0.717, 1.165) is 0 Å². The number of hydrogen-bond acceptors (Lipinski definition) is 8. The van der Waals surface area contributed by atoms with Gasteiger partial charge in [-0.25, -0.2) is 14.7 Å². The number of carbonyl (C=O) groups excluding carboxylic acids is 3.